The third-order valence-electron chi connectivity index (χ3n) is 2.09. The van der Waals surface area contributed by atoms with Crippen molar-refractivity contribution in [2.24, 2.45) is 5.41 Å². The molecule has 1 aromatic heterocycles. The van der Waals surface area contributed by atoms with Gasteiger partial charge < -0.3 is 14.6 Å². The van der Waals surface area contributed by atoms with Crippen molar-refractivity contribution in [2.45, 2.75) is 27.2 Å². The van der Waals surface area contributed by atoms with Gasteiger partial charge in [0, 0.05) is 6.07 Å². The van der Waals surface area contributed by atoms with Crippen LogP contribution in [0, 0.1) is 5.41 Å². The number of ether oxygens (including phenoxy) is 2. The van der Waals surface area contributed by atoms with Gasteiger partial charge in [-0.25, -0.2) is 4.98 Å². The topological polar surface area (TPSA) is 85.7 Å². The molecule has 0 fully saturated rings. The van der Waals surface area contributed by atoms with Crippen LogP contribution in [0.5, 0.6) is 11.6 Å². The Balaban J connectivity index is 2.33. The van der Waals surface area contributed by atoms with Gasteiger partial charge in [-0.2, -0.15) is 0 Å². The van der Waals surface area contributed by atoms with Crippen molar-refractivity contribution in [3.8, 4) is 11.6 Å². The highest BCUT2D eigenvalue weighted by molar-refractivity contribution is 5.76. The van der Waals surface area contributed by atoms with E-state index < -0.39 is 11.4 Å². The number of esters is 2. The van der Waals surface area contributed by atoms with E-state index >= 15 is 0 Å². The van der Waals surface area contributed by atoms with Crippen LogP contribution in [0.25, 0.3) is 0 Å². The molecule has 6 nitrogen and oxygen atoms in total. The summed E-state index contributed by atoms with van der Waals surface area (Å²) in [5.74, 6) is -0.855. The number of carbonyl (C=O) groups excluding carboxylic acids is 2. The molecule has 19 heavy (non-hydrogen) atoms. The van der Waals surface area contributed by atoms with E-state index in [-0.39, 0.29) is 30.6 Å². The summed E-state index contributed by atoms with van der Waals surface area (Å²) in [6.07, 6.45) is 1.12. The first-order valence-corrected chi connectivity index (χ1v) is 5.82. The molecule has 0 radical (unpaired) electrons. The Bertz CT molecular complexity index is 447. The molecule has 1 aromatic rings. The summed E-state index contributed by atoms with van der Waals surface area (Å²) in [7, 11) is 0. The van der Waals surface area contributed by atoms with Gasteiger partial charge in [-0.15, -0.1) is 0 Å². The summed E-state index contributed by atoms with van der Waals surface area (Å²) < 4.78 is 9.82. The van der Waals surface area contributed by atoms with E-state index in [2.05, 4.69) is 4.98 Å². The summed E-state index contributed by atoms with van der Waals surface area (Å²) in [5.41, 5.74) is -0.595. The monoisotopic (exact) mass is 267 g/mol. The average Bonchev–Trinajstić information content (AvgIpc) is 2.31. The third kappa shape index (κ3) is 5.37. The molecule has 0 bridgehead atoms. The standard InChI is InChI=1S/C13H17NO5/c1-13(2,3)12(17)18-7-6-11(16)19-10-5-4-9(15)8-14-10/h4-5,8,15H,6-7H2,1-3H3. The van der Waals surface area contributed by atoms with E-state index in [1.54, 1.807) is 20.8 Å². The van der Waals surface area contributed by atoms with Crippen molar-refractivity contribution >= 4 is 11.9 Å². The normalized spacial score (nSPS) is 10.9. The van der Waals surface area contributed by atoms with Gasteiger partial charge in [-0.1, -0.05) is 0 Å². The molecule has 1 rings (SSSR count). The maximum Gasteiger partial charge on any atom is 0.315 e. The van der Waals surface area contributed by atoms with Crippen LogP contribution in [-0.2, 0) is 14.3 Å². The molecule has 0 atom stereocenters. The van der Waals surface area contributed by atoms with Crippen LogP contribution in [-0.4, -0.2) is 28.6 Å². The van der Waals surface area contributed by atoms with Crippen LogP contribution in [0.2, 0.25) is 0 Å². The van der Waals surface area contributed by atoms with Crippen LogP contribution in [0.4, 0.5) is 0 Å². The number of hydrogen-bond donors (Lipinski definition) is 1. The van der Waals surface area contributed by atoms with Gasteiger partial charge in [0.15, 0.2) is 0 Å². The number of nitrogens with zero attached hydrogens (tertiary/aromatic N) is 1. The van der Waals surface area contributed by atoms with E-state index in [9.17, 15) is 9.59 Å². The van der Waals surface area contributed by atoms with Gasteiger partial charge in [0.05, 0.1) is 18.0 Å². The summed E-state index contributed by atoms with van der Waals surface area (Å²) in [6.45, 7) is 5.16. The molecule has 0 aliphatic heterocycles. The van der Waals surface area contributed by atoms with Crippen molar-refractivity contribution in [3.05, 3.63) is 18.3 Å². The molecule has 0 spiro atoms. The zero-order chi connectivity index (χ0) is 14.5. The number of hydrogen-bond acceptors (Lipinski definition) is 6. The van der Waals surface area contributed by atoms with Crippen molar-refractivity contribution in [1.29, 1.82) is 0 Å². The minimum atomic E-state index is -0.595. The maximum absolute atomic E-state index is 11.4. The molecular formula is C13H17NO5. The molecule has 0 amide bonds. The molecule has 6 heteroatoms. The largest absolute Gasteiger partial charge is 0.506 e. The minimum Gasteiger partial charge on any atom is -0.506 e. The number of aromatic nitrogens is 1. The van der Waals surface area contributed by atoms with Crippen molar-refractivity contribution in [1.82, 2.24) is 4.98 Å². The lowest BCUT2D eigenvalue weighted by molar-refractivity contribution is -0.154. The summed E-state index contributed by atoms with van der Waals surface area (Å²) in [5, 5.41) is 9.01. The van der Waals surface area contributed by atoms with Crippen LogP contribution in [0.1, 0.15) is 27.2 Å². The Morgan fingerprint density at radius 1 is 1.32 bits per heavy atom. The molecule has 104 valence electrons. The lowest BCUT2D eigenvalue weighted by atomic mass is 9.97. The quantitative estimate of drug-likeness (QED) is 0.835. The molecule has 0 aliphatic carbocycles. The molecule has 0 aliphatic rings. The highest BCUT2D eigenvalue weighted by Crippen LogP contribution is 2.15. The Labute approximate surface area is 111 Å². The Morgan fingerprint density at radius 3 is 2.53 bits per heavy atom. The Hall–Kier alpha value is -2.11. The Kier molecular flexibility index (Phi) is 4.86. The smallest absolute Gasteiger partial charge is 0.315 e. The van der Waals surface area contributed by atoms with Gasteiger partial charge >= 0.3 is 11.9 Å². The fourth-order valence-electron chi connectivity index (χ4n) is 1.04. The van der Waals surface area contributed by atoms with Crippen molar-refractivity contribution < 1.29 is 24.2 Å². The van der Waals surface area contributed by atoms with Gasteiger partial charge in [0.1, 0.15) is 12.4 Å². The lowest BCUT2D eigenvalue weighted by Gasteiger charge is -2.16. The number of carbonyl (C=O) groups is 2. The lowest BCUT2D eigenvalue weighted by Crippen LogP contribution is -2.24. The summed E-state index contributed by atoms with van der Waals surface area (Å²) in [4.78, 5) is 26.5. The van der Waals surface area contributed by atoms with Gasteiger partial charge in [0.2, 0.25) is 5.88 Å². The second-order valence-electron chi connectivity index (χ2n) is 4.96. The maximum atomic E-state index is 11.4. The van der Waals surface area contributed by atoms with Crippen LogP contribution >= 0.6 is 0 Å². The van der Waals surface area contributed by atoms with Gasteiger partial charge in [0.25, 0.3) is 0 Å². The molecule has 1 heterocycles. The second kappa shape index (κ2) is 6.17. The molecule has 0 saturated carbocycles. The molecule has 0 aromatic carbocycles. The first-order valence-electron chi connectivity index (χ1n) is 5.82. The first kappa shape index (κ1) is 14.9. The number of rotatable bonds is 4. The zero-order valence-corrected chi connectivity index (χ0v) is 11.2. The third-order valence-corrected chi connectivity index (χ3v) is 2.09. The molecule has 0 saturated heterocycles. The molecule has 0 unspecified atom stereocenters. The molecule has 1 N–H and O–H groups in total. The van der Waals surface area contributed by atoms with Gasteiger partial charge in [-0.05, 0) is 26.8 Å². The minimum absolute atomic E-state index is 0.0149. The van der Waals surface area contributed by atoms with Crippen molar-refractivity contribution in [2.75, 3.05) is 6.61 Å². The fourth-order valence-corrected chi connectivity index (χ4v) is 1.04. The first-order chi connectivity index (χ1) is 8.79. The Morgan fingerprint density at radius 2 is 2.00 bits per heavy atom. The fraction of sp³-hybridized carbons (Fsp3) is 0.462. The summed E-state index contributed by atoms with van der Waals surface area (Å²) >= 11 is 0. The molecular weight excluding hydrogens is 250 g/mol. The highest BCUT2D eigenvalue weighted by Gasteiger charge is 2.23. The number of aromatic hydroxyl groups is 1. The average molecular weight is 267 g/mol. The predicted octanol–water partition coefficient (Wildman–Crippen LogP) is 1.67. The second-order valence-corrected chi connectivity index (χ2v) is 4.96. The summed E-state index contributed by atoms with van der Waals surface area (Å²) in [6, 6.07) is 2.73. The zero-order valence-electron chi connectivity index (χ0n) is 11.2. The van der Waals surface area contributed by atoms with Crippen molar-refractivity contribution in [3.63, 3.8) is 0 Å². The van der Waals surface area contributed by atoms with E-state index in [0.29, 0.717) is 0 Å². The van der Waals surface area contributed by atoms with E-state index in [1.165, 1.54) is 18.3 Å². The van der Waals surface area contributed by atoms with E-state index in [1.807, 2.05) is 0 Å². The van der Waals surface area contributed by atoms with Gasteiger partial charge in [-0.3, -0.25) is 9.59 Å². The predicted molar refractivity (Wildman–Crippen MR) is 66.6 cm³/mol. The van der Waals surface area contributed by atoms with Crippen LogP contribution in [0.3, 0.4) is 0 Å². The highest BCUT2D eigenvalue weighted by atomic mass is 16.6. The van der Waals surface area contributed by atoms with E-state index in [4.69, 9.17) is 14.6 Å². The SMILES string of the molecule is CC(C)(C)C(=O)OCCC(=O)Oc1ccc(O)cn1. The number of pyridine rings is 1. The van der Waals surface area contributed by atoms with Crippen LogP contribution in [0.15, 0.2) is 18.3 Å². The van der Waals surface area contributed by atoms with E-state index in [0.717, 1.165) is 0 Å². The van der Waals surface area contributed by atoms with Crippen LogP contribution < -0.4 is 4.74 Å².